The first kappa shape index (κ1) is 23.3. The molecule has 35 heavy (non-hydrogen) atoms. The van der Waals surface area contributed by atoms with E-state index in [0.717, 1.165) is 12.1 Å². The average molecular weight is 484 g/mol. The van der Waals surface area contributed by atoms with Crippen LogP contribution in [0.15, 0.2) is 36.7 Å². The maximum absolute atomic E-state index is 13.9. The highest BCUT2D eigenvalue weighted by Crippen LogP contribution is 2.33. The quantitative estimate of drug-likeness (QED) is 0.503. The summed E-state index contributed by atoms with van der Waals surface area (Å²) in [6, 6.07) is 6.76. The van der Waals surface area contributed by atoms with Crippen molar-refractivity contribution in [2.75, 3.05) is 26.3 Å². The van der Waals surface area contributed by atoms with Crippen LogP contribution in [0.5, 0.6) is 11.5 Å². The molecule has 1 amide bonds. The molecule has 0 saturated carbocycles. The summed E-state index contributed by atoms with van der Waals surface area (Å²) in [5.41, 5.74) is 1.25. The Morgan fingerprint density at radius 2 is 1.69 bits per heavy atom. The number of piperidine rings is 1. The molecule has 0 bridgehead atoms. The molecular weight excluding hydrogens is 456 g/mol. The van der Waals surface area contributed by atoms with Gasteiger partial charge in [-0.1, -0.05) is 13.8 Å². The molecular formula is C26H27F2N3O4. The lowest BCUT2D eigenvalue weighted by Gasteiger charge is -2.35. The predicted octanol–water partition coefficient (Wildman–Crippen LogP) is 4.40. The summed E-state index contributed by atoms with van der Waals surface area (Å²) in [5.74, 6) is -1.11. The summed E-state index contributed by atoms with van der Waals surface area (Å²) < 4.78 is 40.3. The van der Waals surface area contributed by atoms with Gasteiger partial charge in [-0.2, -0.15) is 0 Å². The topological polar surface area (TPSA) is 73.7 Å². The second-order valence-electron chi connectivity index (χ2n) is 9.42. The highest BCUT2D eigenvalue weighted by molar-refractivity contribution is 5.98. The van der Waals surface area contributed by atoms with Crippen molar-refractivity contribution < 1.29 is 27.8 Å². The standard InChI is InChI=1S/C26H27F2N3O4/c1-15(2)24(31-14-29-20-12-18(27)19(28)13-21(20)31)26(33)30-7-5-16(6-8-30)25(32)17-3-4-22-23(11-17)35-10-9-34-22/h3-4,11-16,24H,5-10H2,1-2H3. The summed E-state index contributed by atoms with van der Waals surface area (Å²) in [4.78, 5) is 32.6. The van der Waals surface area contributed by atoms with Gasteiger partial charge < -0.3 is 18.9 Å². The fraction of sp³-hybridized carbons (Fsp3) is 0.423. The largest absolute Gasteiger partial charge is 0.486 e. The van der Waals surface area contributed by atoms with Crippen molar-refractivity contribution >= 4 is 22.7 Å². The van der Waals surface area contributed by atoms with Gasteiger partial charge in [0.25, 0.3) is 0 Å². The van der Waals surface area contributed by atoms with Gasteiger partial charge >= 0.3 is 0 Å². The molecule has 1 saturated heterocycles. The third-order valence-electron chi connectivity index (χ3n) is 6.81. The summed E-state index contributed by atoms with van der Waals surface area (Å²) in [7, 11) is 0. The van der Waals surface area contributed by atoms with Crippen molar-refractivity contribution in [1.82, 2.24) is 14.5 Å². The van der Waals surface area contributed by atoms with Gasteiger partial charge in [0.1, 0.15) is 19.3 Å². The van der Waals surface area contributed by atoms with Crippen LogP contribution >= 0.6 is 0 Å². The van der Waals surface area contributed by atoms with E-state index in [9.17, 15) is 18.4 Å². The molecule has 0 aliphatic carbocycles. The maximum Gasteiger partial charge on any atom is 0.245 e. The van der Waals surface area contributed by atoms with Gasteiger partial charge in [-0.05, 0) is 37.0 Å². The number of amides is 1. The van der Waals surface area contributed by atoms with Crippen LogP contribution in [-0.2, 0) is 4.79 Å². The minimum Gasteiger partial charge on any atom is -0.486 e. The number of benzene rings is 2. The van der Waals surface area contributed by atoms with Crippen molar-refractivity contribution in [3.05, 3.63) is 53.9 Å². The Hall–Kier alpha value is -3.49. The lowest BCUT2D eigenvalue weighted by atomic mass is 9.88. The lowest BCUT2D eigenvalue weighted by Crippen LogP contribution is -2.44. The third kappa shape index (κ3) is 4.35. The molecule has 7 nitrogen and oxygen atoms in total. The molecule has 184 valence electrons. The number of hydrogen-bond acceptors (Lipinski definition) is 5. The van der Waals surface area contributed by atoms with Gasteiger partial charge in [-0.15, -0.1) is 0 Å². The average Bonchev–Trinajstić information content (AvgIpc) is 3.25. The molecule has 0 N–H and O–H groups in total. The Balaban J connectivity index is 1.30. The van der Waals surface area contributed by atoms with Crippen molar-refractivity contribution in [2.24, 2.45) is 11.8 Å². The number of rotatable bonds is 5. The number of likely N-dealkylation sites (tertiary alicyclic amines) is 1. The molecule has 3 heterocycles. The van der Waals surface area contributed by atoms with E-state index in [0.29, 0.717) is 67.2 Å². The fourth-order valence-corrected chi connectivity index (χ4v) is 4.95. The molecule has 0 radical (unpaired) electrons. The first-order valence-corrected chi connectivity index (χ1v) is 11.9. The number of ketones is 1. The van der Waals surface area contributed by atoms with Crippen LogP contribution in [0.25, 0.3) is 11.0 Å². The van der Waals surface area contributed by atoms with Gasteiger partial charge in [-0.25, -0.2) is 13.8 Å². The monoisotopic (exact) mass is 483 g/mol. The van der Waals surface area contributed by atoms with Gasteiger partial charge in [0.2, 0.25) is 5.91 Å². The first-order chi connectivity index (χ1) is 16.8. The number of ether oxygens (including phenoxy) is 2. The second-order valence-corrected chi connectivity index (χ2v) is 9.42. The second kappa shape index (κ2) is 9.28. The van der Waals surface area contributed by atoms with E-state index in [1.807, 2.05) is 13.8 Å². The van der Waals surface area contributed by atoms with Crippen LogP contribution < -0.4 is 9.47 Å². The molecule has 3 aromatic rings. The van der Waals surface area contributed by atoms with Crippen molar-refractivity contribution in [1.29, 1.82) is 0 Å². The van der Waals surface area contributed by atoms with Gasteiger partial charge in [0.15, 0.2) is 28.9 Å². The van der Waals surface area contributed by atoms with Crippen LogP contribution in [0.4, 0.5) is 8.78 Å². The number of carbonyl (C=O) groups excluding carboxylic acids is 2. The molecule has 2 aliphatic heterocycles. The molecule has 9 heteroatoms. The zero-order valence-electron chi connectivity index (χ0n) is 19.7. The summed E-state index contributed by atoms with van der Waals surface area (Å²) in [6.07, 6.45) is 2.56. The van der Waals surface area contributed by atoms with E-state index in [4.69, 9.17) is 9.47 Å². The molecule has 2 aromatic carbocycles. The number of aromatic nitrogens is 2. The highest BCUT2D eigenvalue weighted by Gasteiger charge is 2.34. The van der Waals surface area contributed by atoms with E-state index in [-0.39, 0.29) is 23.5 Å². The molecule has 5 rings (SSSR count). The Morgan fingerprint density at radius 3 is 2.40 bits per heavy atom. The van der Waals surface area contributed by atoms with E-state index in [1.54, 1.807) is 27.7 Å². The molecule has 1 fully saturated rings. The summed E-state index contributed by atoms with van der Waals surface area (Å²) in [5, 5.41) is 0. The first-order valence-electron chi connectivity index (χ1n) is 11.9. The van der Waals surface area contributed by atoms with E-state index < -0.39 is 17.7 Å². The van der Waals surface area contributed by atoms with E-state index >= 15 is 0 Å². The molecule has 1 atom stereocenters. The molecule has 1 aromatic heterocycles. The van der Waals surface area contributed by atoms with Crippen LogP contribution in [0.3, 0.4) is 0 Å². The number of imidazole rings is 1. The van der Waals surface area contributed by atoms with E-state index in [1.165, 1.54) is 6.33 Å². The van der Waals surface area contributed by atoms with Gasteiger partial charge in [-0.3, -0.25) is 9.59 Å². The van der Waals surface area contributed by atoms with Crippen LogP contribution in [0, 0.1) is 23.5 Å². The Morgan fingerprint density at radius 1 is 1.00 bits per heavy atom. The third-order valence-corrected chi connectivity index (χ3v) is 6.81. The molecule has 2 aliphatic rings. The Kier molecular flexibility index (Phi) is 6.17. The Bertz CT molecular complexity index is 1280. The highest BCUT2D eigenvalue weighted by atomic mass is 19.2. The van der Waals surface area contributed by atoms with Crippen molar-refractivity contribution in [3.8, 4) is 11.5 Å². The van der Waals surface area contributed by atoms with Crippen molar-refractivity contribution in [2.45, 2.75) is 32.7 Å². The number of carbonyl (C=O) groups is 2. The van der Waals surface area contributed by atoms with Gasteiger partial charge in [0.05, 0.1) is 17.4 Å². The lowest BCUT2D eigenvalue weighted by molar-refractivity contribution is -0.137. The summed E-state index contributed by atoms with van der Waals surface area (Å²) in [6.45, 7) is 5.65. The van der Waals surface area contributed by atoms with Crippen LogP contribution in [0.1, 0.15) is 43.1 Å². The number of nitrogens with zero attached hydrogens (tertiary/aromatic N) is 3. The molecule has 1 unspecified atom stereocenters. The number of halogens is 2. The zero-order valence-corrected chi connectivity index (χ0v) is 19.7. The van der Waals surface area contributed by atoms with Crippen LogP contribution in [-0.4, -0.2) is 52.4 Å². The Labute approximate surface area is 201 Å². The van der Waals surface area contributed by atoms with Gasteiger partial charge in [0, 0.05) is 36.7 Å². The number of fused-ring (bicyclic) bond motifs is 2. The minimum atomic E-state index is -0.979. The summed E-state index contributed by atoms with van der Waals surface area (Å²) >= 11 is 0. The van der Waals surface area contributed by atoms with Crippen molar-refractivity contribution in [3.63, 3.8) is 0 Å². The predicted molar refractivity (Wildman–Crippen MR) is 125 cm³/mol. The smallest absolute Gasteiger partial charge is 0.245 e. The minimum absolute atomic E-state index is 0.0348. The number of Topliss-reactive ketones (excluding diaryl/α,β-unsaturated/α-hetero) is 1. The number of hydrogen-bond donors (Lipinski definition) is 0. The fourth-order valence-electron chi connectivity index (χ4n) is 4.95. The maximum atomic E-state index is 13.9. The normalized spacial score (nSPS) is 17.1. The van der Waals surface area contributed by atoms with E-state index in [2.05, 4.69) is 4.98 Å². The molecule has 0 spiro atoms. The van der Waals surface area contributed by atoms with Crippen LogP contribution in [0.2, 0.25) is 0 Å². The zero-order chi connectivity index (χ0) is 24.7. The SMILES string of the molecule is CC(C)C(C(=O)N1CCC(C(=O)c2ccc3c(c2)OCCO3)CC1)n1cnc2cc(F)c(F)cc21.